The molecule has 2 nitrogen and oxygen atoms in total. The summed E-state index contributed by atoms with van der Waals surface area (Å²) in [5.74, 6) is -0.719. The minimum atomic E-state index is -0.719. The number of allylic oxidation sites excluding steroid dienone is 1. The van der Waals surface area contributed by atoms with E-state index in [-0.39, 0.29) is 6.42 Å². The normalized spacial score (nSPS) is 18.0. The van der Waals surface area contributed by atoms with E-state index in [0.717, 1.165) is 12.8 Å². The number of carboxylic acid groups (broad SMARTS) is 1. The van der Waals surface area contributed by atoms with Gasteiger partial charge >= 0.3 is 5.97 Å². The topological polar surface area (TPSA) is 37.3 Å². The van der Waals surface area contributed by atoms with Crippen LogP contribution in [0.5, 0.6) is 0 Å². The Labute approximate surface area is 66.9 Å². The van der Waals surface area contributed by atoms with Gasteiger partial charge in [0.25, 0.3) is 0 Å². The Kier molecular flexibility index (Phi) is 3.14. The molecule has 0 aromatic heterocycles. The highest BCUT2D eigenvalue weighted by atomic mass is 16.5. The van der Waals surface area contributed by atoms with Gasteiger partial charge in [-0.2, -0.15) is 0 Å². The number of carboxylic acids is 1. The molecule has 0 bridgehead atoms. The quantitative estimate of drug-likeness (QED) is 0.491. The summed E-state index contributed by atoms with van der Waals surface area (Å²) in [4.78, 5) is 10.2. The van der Waals surface area contributed by atoms with E-state index in [1.807, 2.05) is 6.08 Å². The largest absolute Gasteiger partial charge is 0.481 e. The lowest BCUT2D eigenvalue weighted by molar-refractivity contribution is -0.136. The second-order valence-corrected chi connectivity index (χ2v) is 3.02. The lowest BCUT2D eigenvalue weighted by Crippen LogP contribution is -1.96. The zero-order valence-electron chi connectivity index (χ0n) is 6.68. The van der Waals surface area contributed by atoms with Gasteiger partial charge < -0.3 is 5.11 Å². The number of hydrogen-bond acceptors (Lipinski definition) is 1. The first-order valence-electron chi connectivity index (χ1n) is 4.19. The van der Waals surface area contributed by atoms with Crippen LogP contribution in [0.1, 0.15) is 38.5 Å². The number of hydrogen-bond donors (Lipinski definition) is 1. The maximum atomic E-state index is 10.2. The predicted molar refractivity (Wildman–Crippen MR) is 43.4 cm³/mol. The number of carbonyl (C=O) groups is 1. The fourth-order valence-electron chi connectivity index (χ4n) is 1.44. The molecule has 1 fully saturated rings. The van der Waals surface area contributed by atoms with Gasteiger partial charge in [-0.1, -0.05) is 18.1 Å². The van der Waals surface area contributed by atoms with Gasteiger partial charge in [0, 0.05) is 0 Å². The van der Waals surface area contributed by atoms with Crippen molar-refractivity contribution in [3.05, 3.63) is 11.6 Å². The fraction of sp³-hybridized carbons (Fsp3) is 0.667. The summed E-state index contributed by atoms with van der Waals surface area (Å²) >= 11 is 0. The summed E-state index contributed by atoms with van der Waals surface area (Å²) < 4.78 is 0. The van der Waals surface area contributed by atoms with Crippen LogP contribution < -0.4 is 0 Å². The van der Waals surface area contributed by atoms with Gasteiger partial charge in [0.05, 0.1) is 6.42 Å². The monoisotopic (exact) mass is 155 g/mol. The zero-order chi connectivity index (χ0) is 8.10. The second-order valence-electron chi connectivity index (χ2n) is 3.02. The molecule has 2 heteroatoms. The predicted octanol–water partition coefficient (Wildman–Crippen LogP) is 2.35. The molecule has 0 atom stereocenters. The van der Waals surface area contributed by atoms with E-state index in [2.05, 4.69) is 0 Å². The van der Waals surface area contributed by atoms with Gasteiger partial charge in [0.2, 0.25) is 0 Å². The molecule has 0 saturated heterocycles. The molecule has 0 spiro atoms. The smallest absolute Gasteiger partial charge is 0.307 e. The maximum Gasteiger partial charge on any atom is 0.307 e. The highest BCUT2D eigenvalue weighted by Crippen LogP contribution is 2.22. The molecular weight excluding hydrogens is 141 g/mol. The summed E-state index contributed by atoms with van der Waals surface area (Å²) in [6.07, 6.45) is 8.11. The van der Waals surface area contributed by atoms with Crippen molar-refractivity contribution in [2.45, 2.75) is 38.5 Å². The summed E-state index contributed by atoms with van der Waals surface area (Å²) in [5, 5.41) is 8.40. The van der Waals surface area contributed by atoms with Gasteiger partial charge in [-0.15, -0.1) is 0 Å². The van der Waals surface area contributed by atoms with Crippen LogP contribution in [0.2, 0.25) is 0 Å². The molecule has 1 aliphatic rings. The van der Waals surface area contributed by atoms with Gasteiger partial charge in [0.1, 0.15) is 0 Å². The molecule has 0 unspecified atom stereocenters. The van der Waals surface area contributed by atoms with Crippen LogP contribution in [0.15, 0.2) is 11.6 Å². The van der Waals surface area contributed by atoms with Gasteiger partial charge in [-0.25, -0.2) is 0 Å². The Hall–Kier alpha value is -0.790. The van der Waals surface area contributed by atoms with Crippen molar-refractivity contribution in [3.63, 3.8) is 0 Å². The molecule has 1 N–H and O–H groups in total. The third kappa shape index (κ3) is 3.21. The van der Waals surface area contributed by atoms with Crippen molar-refractivity contribution < 1.29 is 9.90 Å². The summed E-state index contributed by atoms with van der Waals surface area (Å²) in [6.45, 7) is 0. The summed E-state index contributed by atoms with van der Waals surface area (Å²) in [7, 11) is 0. The molecule has 1 rings (SSSR count). The van der Waals surface area contributed by atoms with Crippen LogP contribution in [0.3, 0.4) is 0 Å². The fourth-order valence-corrected chi connectivity index (χ4v) is 1.44. The first kappa shape index (κ1) is 8.31. The minimum absolute atomic E-state index is 0.204. The summed E-state index contributed by atoms with van der Waals surface area (Å²) in [6, 6.07) is 0. The van der Waals surface area contributed by atoms with Crippen molar-refractivity contribution in [1.29, 1.82) is 0 Å². The zero-order valence-corrected chi connectivity index (χ0v) is 6.68. The van der Waals surface area contributed by atoms with Crippen LogP contribution in [-0.2, 0) is 4.79 Å². The molecule has 0 aromatic rings. The molecule has 11 heavy (non-hydrogen) atoms. The lowest BCUT2D eigenvalue weighted by atomic mass is 9.95. The van der Waals surface area contributed by atoms with E-state index in [9.17, 15) is 4.79 Å². The van der Waals surface area contributed by atoms with Crippen LogP contribution in [0, 0.1) is 0 Å². The standard InChI is InChI=1S/C9H14O2/c10-9(11)7-6-8-4-2-1-3-5-8/h6H,1-5,7H2,(H,10,11)/i9+1. The summed E-state index contributed by atoms with van der Waals surface area (Å²) in [5.41, 5.74) is 1.35. The van der Waals surface area contributed by atoms with E-state index < -0.39 is 5.97 Å². The first-order valence-corrected chi connectivity index (χ1v) is 4.19. The van der Waals surface area contributed by atoms with Crippen molar-refractivity contribution in [3.8, 4) is 0 Å². The Morgan fingerprint density at radius 1 is 1.36 bits per heavy atom. The van der Waals surface area contributed by atoms with Crippen molar-refractivity contribution in [2.75, 3.05) is 0 Å². The highest BCUT2D eigenvalue weighted by Gasteiger charge is 2.04. The molecule has 0 heterocycles. The van der Waals surface area contributed by atoms with E-state index >= 15 is 0 Å². The third-order valence-corrected chi connectivity index (χ3v) is 2.06. The van der Waals surface area contributed by atoms with Gasteiger partial charge in [-0.3, -0.25) is 4.79 Å². The Bertz CT molecular complexity index is 162. The Morgan fingerprint density at radius 3 is 2.55 bits per heavy atom. The highest BCUT2D eigenvalue weighted by molar-refractivity contribution is 5.68. The van der Waals surface area contributed by atoms with E-state index in [0.29, 0.717) is 0 Å². The molecule has 0 amide bonds. The molecule has 62 valence electrons. The average Bonchev–Trinajstić information content (AvgIpc) is 2.03. The van der Waals surface area contributed by atoms with Crippen molar-refractivity contribution >= 4 is 5.97 Å². The SMILES string of the molecule is O=[13C](O)CC=C1CCCCC1. The Balaban J connectivity index is 2.32. The van der Waals surface area contributed by atoms with Crippen LogP contribution in [0.4, 0.5) is 0 Å². The van der Waals surface area contributed by atoms with Gasteiger partial charge in [-0.05, 0) is 25.7 Å². The maximum absolute atomic E-state index is 10.2. The van der Waals surface area contributed by atoms with E-state index in [1.54, 1.807) is 0 Å². The Morgan fingerprint density at radius 2 is 2.00 bits per heavy atom. The van der Waals surface area contributed by atoms with E-state index in [1.165, 1.54) is 24.8 Å². The number of rotatable bonds is 2. The van der Waals surface area contributed by atoms with Crippen LogP contribution in [-0.4, -0.2) is 11.1 Å². The van der Waals surface area contributed by atoms with Crippen LogP contribution in [0.25, 0.3) is 0 Å². The van der Waals surface area contributed by atoms with Crippen molar-refractivity contribution in [2.24, 2.45) is 0 Å². The number of aliphatic carboxylic acids is 1. The molecule has 0 aromatic carbocycles. The molecule has 0 radical (unpaired) electrons. The molecule has 1 saturated carbocycles. The average molecular weight is 155 g/mol. The lowest BCUT2D eigenvalue weighted by Gasteiger charge is -2.12. The van der Waals surface area contributed by atoms with Crippen LogP contribution >= 0.6 is 0 Å². The van der Waals surface area contributed by atoms with E-state index in [4.69, 9.17) is 5.11 Å². The minimum Gasteiger partial charge on any atom is -0.481 e. The third-order valence-electron chi connectivity index (χ3n) is 2.06. The molecular formula is C9H14O2. The second kappa shape index (κ2) is 4.16. The molecule has 1 aliphatic carbocycles. The van der Waals surface area contributed by atoms with Crippen molar-refractivity contribution in [1.82, 2.24) is 0 Å². The molecule has 0 aliphatic heterocycles. The van der Waals surface area contributed by atoms with Gasteiger partial charge in [0.15, 0.2) is 0 Å². The first-order chi connectivity index (χ1) is 5.29.